The third kappa shape index (κ3) is 4.42. The number of hydrogen-bond donors (Lipinski definition) is 1. The number of Topliss-reactive ketones (excluding diaryl/α,β-unsaturated/α-hetero) is 1. The molecular weight excluding hydrogens is 492 g/mol. The number of fused-ring (bicyclic) bond motifs is 1. The second-order valence-corrected chi connectivity index (χ2v) is 10.3. The van der Waals surface area contributed by atoms with Crippen LogP contribution in [0.4, 0.5) is 11.4 Å². The highest BCUT2D eigenvalue weighted by Gasteiger charge is 2.45. The molecule has 3 aliphatic rings. The zero-order chi connectivity index (χ0) is 27.1. The van der Waals surface area contributed by atoms with Gasteiger partial charge in [-0.25, -0.2) is 0 Å². The third-order valence-electron chi connectivity index (χ3n) is 7.93. The topological polar surface area (TPSA) is 77.1 Å². The van der Waals surface area contributed by atoms with Crippen LogP contribution in [-0.2, 0) is 9.59 Å². The summed E-state index contributed by atoms with van der Waals surface area (Å²) in [6.07, 6.45) is 2.73. The van der Waals surface area contributed by atoms with E-state index in [1.165, 1.54) is 0 Å². The highest BCUT2D eigenvalue weighted by Crippen LogP contribution is 2.51. The minimum absolute atomic E-state index is 0.0229. The molecule has 0 saturated heterocycles. The fourth-order valence-electron chi connectivity index (χ4n) is 5.90. The van der Waals surface area contributed by atoms with Crippen LogP contribution in [-0.4, -0.2) is 33.0 Å². The van der Waals surface area contributed by atoms with Gasteiger partial charge in [-0.2, -0.15) is 0 Å². The van der Waals surface area contributed by atoms with E-state index in [2.05, 4.69) is 17.4 Å². The van der Waals surface area contributed by atoms with E-state index < -0.39 is 6.04 Å². The van der Waals surface area contributed by atoms with Crippen LogP contribution >= 0.6 is 0 Å². The Balaban J connectivity index is 1.59. The number of anilines is 2. The summed E-state index contributed by atoms with van der Waals surface area (Å²) in [6, 6.07) is 21.0. The Morgan fingerprint density at radius 3 is 2.15 bits per heavy atom. The summed E-state index contributed by atoms with van der Waals surface area (Å²) >= 11 is 0. The first kappa shape index (κ1) is 25.0. The van der Waals surface area contributed by atoms with Crippen molar-refractivity contribution in [2.75, 3.05) is 31.5 Å². The Morgan fingerprint density at radius 2 is 1.51 bits per heavy atom. The Hall–Kier alpha value is -4.26. The number of methoxy groups -OCH3 is 3. The number of nitrogens with one attached hydrogen (secondary N) is 1. The molecule has 0 spiro atoms. The number of para-hydroxylation sites is 2. The number of rotatable bonds is 6. The van der Waals surface area contributed by atoms with Crippen molar-refractivity contribution in [1.29, 1.82) is 0 Å². The van der Waals surface area contributed by atoms with E-state index in [1.807, 2.05) is 59.5 Å². The lowest BCUT2D eigenvalue weighted by Crippen LogP contribution is -2.39. The molecule has 200 valence electrons. The molecule has 1 fully saturated rings. The molecule has 0 radical (unpaired) electrons. The standard InChI is InChI=1S/C32H32N2O5/c1-37-27-17-22(18-28(38-2)31(27)39-3)30-29-24(15-21(16-26(29)35)19-9-5-4-6-10-19)33-23-11-7-8-12-25(23)34(30)32(36)20-13-14-20/h4-12,17-18,20-21,30,33H,13-16H2,1-3H3/t21-,30-/m0/s1. The van der Waals surface area contributed by atoms with Gasteiger partial charge in [0, 0.05) is 23.6 Å². The van der Waals surface area contributed by atoms with E-state index in [0.717, 1.165) is 41.0 Å². The Labute approximate surface area is 228 Å². The molecule has 7 heteroatoms. The maximum absolute atomic E-state index is 14.2. The van der Waals surface area contributed by atoms with Crippen molar-refractivity contribution in [2.24, 2.45) is 5.92 Å². The number of ether oxygens (including phenoxy) is 3. The van der Waals surface area contributed by atoms with E-state index in [4.69, 9.17) is 14.2 Å². The van der Waals surface area contributed by atoms with E-state index in [-0.39, 0.29) is 23.5 Å². The zero-order valence-corrected chi connectivity index (χ0v) is 22.4. The summed E-state index contributed by atoms with van der Waals surface area (Å²) < 4.78 is 16.9. The second-order valence-electron chi connectivity index (χ2n) is 10.3. The van der Waals surface area contributed by atoms with Crippen molar-refractivity contribution in [3.63, 3.8) is 0 Å². The van der Waals surface area contributed by atoms with Crippen LogP contribution in [0.1, 0.15) is 48.8 Å². The summed E-state index contributed by atoms with van der Waals surface area (Å²) in [7, 11) is 4.70. The van der Waals surface area contributed by atoms with Gasteiger partial charge in [0.2, 0.25) is 11.7 Å². The van der Waals surface area contributed by atoms with Crippen LogP contribution in [0.25, 0.3) is 0 Å². The molecule has 3 aromatic rings. The van der Waals surface area contributed by atoms with Gasteiger partial charge in [-0.15, -0.1) is 0 Å². The number of nitrogens with zero attached hydrogens (tertiary/aromatic N) is 1. The minimum atomic E-state index is -0.651. The van der Waals surface area contributed by atoms with Crippen molar-refractivity contribution in [3.8, 4) is 17.2 Å². The Bertz CT molecular complexity index is 1440. The van der Waals surface area contributed by atoms with Gasteiger partial charge in [0.15, 0.2) is 17.3 Å². The van der Waals surface area contributed by atoms with Crippen LogP contribution in [0, 0.1) is 5.92 Å². The molecule has 1 aliphatic heterocycles. The maximum atomic E-state index is 14.2. The molecule has 1 N–H and O–H groups in total. The monoisotopic (exact) mass is 524 g/mol. The van der Waals surface area contributed by atoms with Gasteiger partial charge >= 0.3 is 0 Å². The number of carbonyl (C=O) groups is 2. The first-order chi connectivity index (χ1) is 19.0. The molecule has 39 heavy (non-hydrogen) atoms. The SMILES string of the molecule is COc1cc([C@H]2C3=C(C[C@H](c4ccccc4)CC3=O)Nc3ccccc3N2C(=O)C2CC2)cc(OC)c1OC. The molecule has 6 rings (SSSR count). The Kier molecular flexibility index (Phi) is 6.51. The van der Waals surface area contributed by atoms with Crippen LogP contribution in [0.5, 0.6) is 17.2 Å². The normalized spacial score (nSPS) is 20.4. The predicted molar refractivity (Wildman–Crippen MR) is 150 cm³/mol. The van der Waals surface area contributed by atoms with Crippen molar-refractivity contribution in [1.82, 2.24) is 0 Å². The molecule has 1 amide bonds. The van der Waals surface area contributed by atoms with Crippen molar-refractivity contribution < 1.29 is 23.8 Å². The highest BCUT2D eigenvalue weighted by molar-refractivity contribution is 6.07. The molecule has 3 aromatic carbocycles. The molecule has 0 bridgehead atoms. The largest absolute Gasteiger partial charge is 0.493 e. The fourth-order valence-corrected chi connectivity index (χ4v) is 5.90. The van der Waals surface area contributed by atoms with Crippen molar-refractivity contribution in [3.05, 3.63) is 89.1 Å². The Morgan fingerprint density at radius 1 is 0.846 bits per heavy atom. The van der Waals surface area contributed by atoms with Crippen molar-refractivity contribution in [2.45, 2.75) is 37.6 Å². The van der Waals surface area contributed by atoms with E-state index in [9.17, 15) is 9.59 Å². The molecule has 2 aliphatic carbocycles. The molecular formula is C32H32N2O5. The number of allylic oxidation sites excluding steroid dienone is 1. The number of benzene rings is 3. The van der Waals surface area contributed by atoms with Gasteiger partial charge < -0.3 is 19.5 Å². The molecule has 0 aromatic heterocycles. The van der Waals surface area contributed by atoms with Crippen LogP contribution in [0.3, 0.4) is 0 Å². The number of amides is 1. The molecule has 1 heterocycles. The quantitative estimate of drug-likeness (QED) is 0.425. The molecule has 0 unspecified atom stereocenters. The lowest BCUT2D eigenvalue weighted by Gasteiger charge is -2.35. The fraction of sp³-hybridized carbons (Fsp3) is 0.312. The van der Waals surface area contributed by atoms with Gasteiger partial charge in [-0.3, -0.25) is 14.5 Å². The van der Waals surface area contributed by atoms with E-state index in [1.54, 1.807) is 21.3 Å². The first-order valence-electron chi connectivity index (χ1n) is 13.3. The smallest absolute Gasteiger partial charge is 0.231 e. The second kappa shape index (κ2) is 10.1. The van der Waals surface area contributed by atoms with Gasteiger partial charge in [0.1, 0.15) is 0 Å². The van der Waals surface area contributed by atoms with Gasteiger partial charge in [-0.05, 0) is 60.6 Å². The summed E-state index contributed by atoms with van der Waals surface area (Å²) in [4.78, 5) is 30.0. The summed E-state index contributed by atoms with van der Waals surface area (Å²) in [5, 5.41) is 3.59. The minimum Gasteiger partial charge on any atom is -0.493 e. The van der Waals surface area contributed by atoms with Crippen LogP contribution < -0.4 is 24.4 Å². The first-order valence-corrected chi connectivity index (χ1v) is 13.3. The maximum Gasteiger partial charge on any atom is 0.231 e. The number of ketones is 1. The average Bonchev–Trinajstić information content (AvgIpc) is 3.83. The van der Waals surface area contributed by atoms with Gasteiger partial charge in [-0.1, -0.05) is 42.5 Å². The number of hydrogen-bond acceptors (Lipinski definition) is 6. The predicted octanol–water partition coefficient (Wildman–Crippen LogP) is 6.02. The molecule has 1 saturated carbocycles. The molecule has 7 nitrogen and oxygen atoms in total. The lowest BCUT2D eigenvalue weighted by atomic mass is 9.78. The van der Waals surface area contributed by atoms with Gasteiger partial charge in [0.25, 0.3) is 0 Å². The van der Waals surface area contributed by atoms with Crippen molar-refractivity contribution >= 4 is 23.1 Å². The third-order valence-corrected chi connectivity index (χ3v) is 7.93. The summed E-state index contributed by atoms with van der Waals surface area (Å²) in [5.74, 6) is 1.45. The van der Waals surface area contributed by atoms with E-state index in [0.29, 0.717) is 35.7 Å². The van der Waals surface area contributed by atoms with Crippen LogP contribution in [0.15, 0.2) is 78.0 Å². The number of carbonyl (C=O) groups excluding carboxylic acids is 2. The highest BCUT2D eigenvalue weighted by atomic mass is 16.5. The van der Waals surface area contributed by atoms with E-state index >= 15 is 0 Å². The summed E-state index contributed by atoms with van der Waals surface area (Å²) in [6.45, 7) is 0. The lowest BCUT2D eigenvalue weighted by molar-refractivity contribution is -0.120. The van der Waals surface area contributed by atoms with Gasteiger partial charge in [0.05, 0.1) is 38.7 Å². The molecule has 2 atom stereocenters. The summed E-state index contributed by atoms with van der Waals surface area (Å²) in [5.41, 5.74) is 4.89. The van der Waals surface area contributed by atoms with Crippen LogP contribution in [0.2, 0.25) is 0 Å². The zero-order valence-electron chi connectivity index (χ0n) is 22.4. The average molecular weight is 525 g/mol.